The molecule has 2 aromatic heterocycles. The number of aryl methyl sites for hydroxylation is 1. The molecule has 3 aromatic rings. The van der Waals surface area contributed by atoms with Gasteiger partial charge in [-0.15, -0.1) is 11.3 Å². The Hall–Kier alpha value is -2.51. The van der Waals surface area contributed by atoms with Gasteiger partial charge in [0.25, 0.3) is 5.91 Å². The number of rotatable bonds is 4. The minimum Gasteiger partial charge on any atom is -0.465 e. The molecule has 0 saturated carbocycles. The van der Waals surface area contributed by atoms with Crippen LogP contribution in [0.25, 0.3) is 11.1 Å². The fourth-order valence-corrected chi connectivity index (χ4v) is 3.89. The van der Waals surface area contributed by atoms with E-state index in [0.29, 0.717) is 16.1 Å². The number of amides is 1. The standard InChI is InChI=1S/C19H15BrN2O3S/c1-11-15(12-5-7-14(20)8-6-12)16(19(24)25-2)18(26-11)22-17(23)13-4-3-9-21-10-13/h3-10H,1-2H3,(H,22,23). The van der Waals surface area contributed by atoms with E-state index < -0.39 is 5.97 Å². The van der Waals surface area contributed by atoms with Crippen LogP contribution >= 0.6 is 27.3 Å². The van der Waals surface area contributed by atoms with Crippen molar-refractivity contribution in [3.8, 4) is 11.1 Å². The number of carbonyl (C=O) groups excluding carboxylic acids is 2. The Morgan fingerprint density at radius 3 is 2.54 bits per heavy atom. The molecule has 0 saturated heterocycles. The van der Waals surface area contributed by atoms with Crippen LogP contribution < -0.4 is 5.32 Å². The van der Waals surface area contributed by atoms with Gasteiger partial charge in [0, 0.05) is 27.3 Å². The number of aromatic nitrogens is 1. The summed E-state index contributed by atoms with van der Waals surface area (Å²) < 4.78 is 5.90. The van der Waals surface area contributed by atoms with Gasteiger partial charge >= 0.3 is 5.97 Å². The van der Waals surface area contributed by atoms with Crippen molar-refractivity contribution in [2.45, 2.75) is 6.92 Å². The molecule has 0 aliphatic heterocycles. The maximum absolute atomic E-state index is 12.5. The van der Waals surface area contributed by atoms with Crippen LogP contribution in [0.2, 0.25) is 0 Å². The van der Waals surface area contributed by atoms with Gasteiger partial charge in [-0.1, -0.05) is 28.1 Å². The summed E-state index contributed by atoms with van der Waals surface area (Å²) in [6.07, 6.45) is 3.07. The van der Waals surface area contributed by atoms with E-state index in [4.69, 9.17) is 4.74 Å². The third kappa shape index (κ3) is 3.68. The summed E-state index contributed by atoms with van der Waals surface area (Å²) in [4.78, 5) is 29.8. The van der Waals surface area contributed by atoms with E-state index in [1.54, 1.807) is 18.3 Å². The molecule has 0 radical (unpaired) electrons. The van der Waals surface area contributed by atoms with Gasteiger partial charge in [-0.05, 0) is 36.8 Å². The first kappa shape index (κ1) is 18.3. The average Bonchev–Trinajstić information content (AvgIpc) is 2.98. The summed E-state index contributed by atoms with van der Waals surface area (Å²) in [6, 6.07) is 11.0. The van der Waals surface area contributed by atoms with Crippen molar-refractivity contribution in [1.82, 2.24) is 4.98 Å². The van der Waals surface area contributed by atoms with Crippen molar-refractivity contribution in [3.05, 3.63) is 69.3 Å². The number of esters is 1. The summed E-state index contributed by atoms with van der Waals surface area (Å²) in [6.45, 7) is 1.91. The molecule has 0 fully saturated rings. The maximum Gasteiger partial charge on any atom is 0.341 e. The smallest absolute Gasteiger partial charge is 0.341 e. The molecule has 1 N–H and O–H groups in total. The number of nitrogens with one attached hydrogen (secondary N) is 1. The number of anilines is 1. The molecule has 3 rings (SSSR count). The SMILES string of the molecule is COC(=O)c1c(NC(=O)c2cccnc2)sc(C)c1-c1ccc(Br)cc1. The van der Waals surface area contributed by atoms with Gasteiger partial charge in [0.15, 0.2) is 0 Å². The number of pyridine rings is 1. The number of halogens is 1. The Morgan fingerprint density at radius 2 is 1.92 bits per heavy atom. The molecule has 7 heteroatoms. The normalized spacial score (nSPS) is 10.4. The fraction of sp³-hybridized carbons (Fsp3) is 0.105. The van der Waals surface area contributed by atoms with E-state index >= 15 is 0 Å². The Morgan fingerprint density at radius 1 is 1.19 bits per heavy atom. The third-order valence-electron chi connectivity index (χ3n) is 3.76. The number of hydrogen-bond acceptors (Lipinski definition) is 5. The van der Waals surface area contributed by atoms with E-state index in [0.717, 1.165) is 20.5 Å². The van der Waals surface area contributed by atoms with Gasteiger partial charge < -0.3 is 10.1 Å². The Kier molecular flexibility index (Phi) is 5.49. The van der Waals surface area contributed by atoms with Crippen LogP contribution in [0, 0.1) is 6.92 Å². The van der Waals surface area contributed by atoms with E-state index in [9.17, 15) is 9.59 Å². The first-order valence-electron chi connectivity index (χ1n) is 7.70. The van der Waals surface area contributed by atoms with Crippen molar-refractivity contribution in [3.63, 3.8) is 0 Å². The molecule has 0 atom stereocenters. The Labute approximate surface area is 163 Å². The second-order valence-electron chi connectivity index (χ2n) is 5.43. The second kappa shape index (κ2) is 7.80. The molecule has 0 aliphatic carbocycles. The summed E-state index contributed by atoms with van der Waals surface area (Å²) in [5.41, 5.74) is 2.41. The molecule has 26 heavy (non-hydrogen) atoms. The Balaban J connectivity index is 2.06. The highest BCUT2D eigenvalue weighted by atomic mass is 79.9. The molecule has 0 bridgehead atoms. The van der Waals surface area contributed by atoms with Gasteiger partial charge in [-0.2, -0.15) is 0 Å². The third-order valence-corrected chi connectivity index (χ3v) is 5.31. The van der Waals surface area contributed by atoms with Crippen LogP contribution in [0.4, 0.5) is 5.00 Å². The van der Waals surface area contributed by atoms with Crippen molar-refractivity contribution >= 4 is 44.1 Å². The van der Waals surface area contributed by atoms with Gasteiger partial charge in [0.1, 0.15) is 10.6 Å². The highest BCUT2D eigenvalue weighted by molar-refractivity contribution is 9.10. The molecule has 2 heterocycles. The number of benzene rings is 1. The average molecular weight is 431 g/mol. The van der Waals surface area contributed by atoms with Crippen LogP contribution in [0.15, 0.2) is 53.3 Å². The van der Waals surface area contributed by atoms with Gasteiger partial charge in [-0.25, -0.2) is 4.79 Å². The lowest BCUT2D eigenvalue weighted by molar-refractivity contribution is 0.0603. The van der Waals surface area contributed by atoms with E-state index in [2.05, 4.69) is 26.2 Å². The largest absolute Gasteiger partial charge is 0.465 e. The topological polar surface area (TPSA) is 68.3 Å². The van der Waals surface area contributed by atoms with Gasteiger partial charge in [0.05, 0.1) is 12.7 Å². The summed E-state index contributed by atoms with van der Waals surface area (Å²) in [5, 5.41) is 3.27. The number of hydrogen-bond donors (Lipinski definition) is 1. The van der Waals surface area contributed by atoms with E-state index in [-0.39, 0.29) is 5.91 Å². The number of thiophene rings is 1. The Bertz CT molecular complexity index is 953. The zero-order chi connectivity index (χ0) is 18.7. The highest BCUT2D eigenvalue weighted by Gasteiger charge is 2.25. The predicted octanol–water partition coefficient (Wildman–Crippen LogP) is 4.92. The van der Waals surface area contributed by atoms with Crippen LogP contribution in [-0.4, -0.2) is 24.0 Å². The summed E-state index contributed by atoms with van der Waals surface area (Å²) in [7, 11) is 1.33. The molecule has 0 unspecified atom stereocenters. The van der Waals surface area contributed by atoms with Crippen molar-refractivity contribution in [2.75, 3.05) is 12.4 Å². The second-order valence-corrected chi connectivity index (χ2v) is 7.57. The monoisotopic (exact) mass is 430 g/mol. The van der Waals surface area contributed by atoms with Crippen molar-refractivity contribution in [2.24, 2.45) is 0 Å². The van der Waals surface area contributed by atoms with Crippen LogP contribution in [0.5, 0.6) is 0 Å². The number of carbonyl (C=O) groups is 2. The lowest BCUT2D eigenvalue weighted by Gasteiger charge is -2.08. The van der Waals surface area contributed by atoms with Gasteiger partial charge in [-0.3, -0.25) is 9.78 Å². The van der Waals surface area contributed by atoms with E-state index in [1.165, 1.54) is 24.6 Å². The predicted molar refractivity (Wildman–Crippen MR) is 106 cm³/mol. The summed E-state index contributed by atoms with van der Waals surface area (Å²) >= 11 is 4.75. The molecule has 0 aliphatic rings. The highest BCUT2D eigenvalue weighted by Crippen LogP contribution is 2.40. The zero-order valence-corrected chi connectivity index (χ0v) is 16.5. The zero-order valence-electron chi connectivity index (χ0n) is 14.1. The number of ether oxygens (including phenoxy) is 1. The molecular formula is C19H15BrN2O3S. The lowest BCUT2D eigenvalue weighted by atomic mass is 10.0. The summed E-state index contributed by atoms with van der Waals surface area (Å²) in [5.74, 6) is -0.819. The van der Waals surface area contributed by atoms with Crippen molar-refractivity contribution < 1.29 is 14.3 Å². The van der Waals surface area contributed by atoms with Crippen molar-refractivity contribution in [1.29, 1.82) is 0 Å². The van der Waals surface area contributed by atoms with Crippen LogP contribution in [0.3, 0.4) is 0 Å². The van der Waals surface area contributed by atoms with E-state index in [1.807, 2.05) is 31.2 Å². The quantitative estimate of drug-likeness (QED) is 0.596. The first-order chi connectivity index (χ1) is 12.5. The number of methoxy groups -OCH3 is 1. The minimum atomic E-state index is -0.492. The molecule has 5 nitrogen and oxygen atoms in total. The molecule has 1 aromatic carbocycles. The minimum absolute atomic E-state index is 0.327. The number of nitrogens with zero attached hydrogens (tertiary/aromatic N) is 1. The fourth-order valence-electron chi connectivity index (χ4n) is 2.57. The molecule has 1 amide bonds. The first-order valence-corrected chi connectivity index (χ1v) is 9.31. The molecular weight excluding hydrogens is 416 g/mol. The van der Waals surface area contributed by atoms with Crippen LogP contribution in [0.1, 0.15) is 25.6 Å². The lowest BCUT2D eigenvalue weighted by Crippen LogP contribution is -2.14. The van der Waals surface area contributed by atoms with Gasteiger partial charge in [0.2, 0.25) is 0 Å². The van der Waals surface area contributed by atoms with Crippen LogP contribution in [-0.2, 0) is 4.74 Å². The molecule has 132 valence electrons. The molecule has 0 spiro atoms. The maximum atomic E-state index is 12.5.